The predicted octanol–water partition coefficient (Wildman–Crippen LogP) is 0.0331. The van der Waals surface area contributed by atoms with Gasteiger partial charge in [0, 0.05) is 17.3 Å². The van der Waals surface area contributed by atoms with Crippen LogP contribution in [0, 0.1) is 0 Å². The molecule has 1 aromatic heterocycles. The number of carboxylic acids is 1. The highest BCUT2D eigenvalue weighted by molar-refractivity contribution is 8.00. The number of carboxylic acid groups (broad SMARTS) is 1. The lowest BCUT2D eigenvalue weighted by molar-refractivity contribution is -0.150. The van der Waals surface area contributed by atoms with Crippen molar-refractivity contribution in [3.05, 3.63) is 29.2 Å². The molecule has 2 aliphatic rings. The van der Waals surface area contributed by atoms with Crippen LogP contribution in [0.1, 0.15) is 5.82 Å². The summed E-state index contributed by atoms with van der Waals surface area (Å²) in [6.07, 6.45) is 0.346. The summed E-state index contributed by atoms with van der Waals surface area (Å²) in [4.78, 5) is 51.4. The number of hydrogen-bond acceptors (Lipinski definition) is 12. The Hall–Kier alpha value is -3.60. The van der Waals surface area contributed by atoms with Crippen LogP contribution in [0.5, 0.6) is 0 Å². The summed E-state index contributed by atoms with van der Waals surface area (Å²) in [7, 11) is 1.21. The molecule has 0 aromatic carbocycles. The van der Waals surface area contributed by atoms with Crippen molar-refractivity contribution in [2.45, 2.75) is 17.8 Å². The summed E-state index contributed by atoms with van der Waals surface area (Å²) in [5.74, 6) is -2.67. The van der Waals surface area contributed by atoms with Crippen molar-refractivity contribution in [1.82, 2.24) is 19.6 Å². The molecule has 4 N–H and O–H groups in total. The van der Waals surface area contributed by atoms with E-state index in [1.54, 1.807) is 0 Å². The number of aliphatic carboxylic acids is 1. The Kier molecular flexibility index (Phi) is 8.11. The zero-order chi connectivity index (χ0) is 24.8. The lowest BCUT2D eigenvalue weighted by Crippen LogP contribution is -2.71. The molecule has 1 fully saturated rings. The smallest absolute Gasteiger partial charge is 0.352 e. The zero-order valence-electron chi connectivity index (χ0n) is 17.3. The number of oxime groups is 2. The molecular weight excluding hydrogens is 500 g/mol. The Morgan fingerprint density at radius 2 is 2.24 bits per heavy atom. The number of nitrogens with zero attached hydrogens (tertiary/aromatic N) is 5. The summed E-state index contributed by atoms with van der Waals surface area (Å²) < 4.78 is 27.8. The maximum Gasteiger partial charge on any atom is 0.352 e. The van der Waals surface area contributed by atoms with E-state index in [9.17, 15) is 28.3 Å². The van der Waals surface area contributed by atoms with Gasteiger partial charge in [0.15, 0.2) is 5.13 Å². The number of fused-ring (bicyclic) bond motifs is 1. The number of hydrogen-bond donors (Lipinski definition) is 3. The molecule has 0 aliphatic carbocycles. The van der Waals surface area contributed by atoms with E-state index >= 15 is 0 Å². The first-order valence-corrected chi connectivity index (χ1v) is 11.1. The molecule has 3 heterocycles. The fourth-order valence-electron chi connectivity index (χ4n) is 2.95. The summed E-state index contributed by atoms with van der Waals surface area (Å²) in [6, 6.07) is -1.03. The molecule has 0 unspecified atom stereocenters. The third kappa shape index (κ3) is 5.48. The summed E-state index contributed by atoms with van der Waals surface area (Å²) >= 11 is 2.06. The predicted molar refractivity (Wildman–Crippen MR) is 117 cm³/mol. The number of nitrogens with one attached hydrogen (secondary N) is 1. The van der Waals surface area contributed by atoms with Crippen LogP contribution in [0.15, 0.2) is 33.7 Å². The van der Waals surface area contributed by atoms with Crippen LogP contribution in [-0.2, 0) is 24.1 Å². The molecule has 1 saturated heterocycles. The standard InChI is InChI=1S/C17H17F2N7O6S2/c1-31-24-9(12-23-17(20)34-25-12)13(27)22-10-14(28)26-11(16(29)30)7(6-33-15(10)26)3-2-4-32-21-5-8(18)19/h2-3,5,8,10,15H,4,6H2,1H3,(H,22,27)(H,29,30)(H2,20,23,25)/b3-2+,21-5?,24-9-/t10-,15-/m1/s1. The van der Waals surface area contributed by atoms with Gasteiger partial charge in [0.2, 0.25) is 11.5 Å². The Labute approximate surface area is 198 Å². The fraction of sp³-hybridized carbons (Fsp3) is 0.353. The van der Waals surface area contributed by atoms with E-state index in [0.717, 1.165) is 16.4 Å². The van der Waals surface area contributed by atoms with Crippen LogP contribution in [-0.4, -0.2) is 86.4 Å². The van der Waals surface area contributed by atoms with E-state index in [1.807, 2.05) is 0 Å². The van der Waals surface area contributed by atoms with Gasteiger partial charge in [0.1, 0.15) is 37.0 Å². The number of allylic oxidation sites excluding steroid dienone is 1. The quantitative estimate of drug-likeness (QED) is 0.166. The van der Waals surface area contributed by atoms with Gasteiger partial charge in [-0.1, -0.05) is 16.4 Å². The van der Waals surface area contributed by atoms with Crippen LogP contribution in [0.4, 0.5) is 13.9 Å². The molecule has 2 atom stereocenters. The average molecular weight is 517 g/mol. The summed E-state index contributed by atoms with van der Waals surface area (Å²) in [6.45, 7) is -0.183. The van der Waals surface area contributed by atoms with Crippen LogP contribution in [0.2, 0.25) is 0 Å². The normalized spacial score (nSPS) is 20.6. The van der Waals surface area contributed by atoms with E-state index in [4.69, 9.17) is 5.73 Å². The topological polar surface area (TPSA) is 182 Å². The van der Waals surface area contributed by atoms with E-state index in [-0.39, 0.29) is 34.7 Å². The molecule has 13 nitrogen and oxygen atoms in total. The minimum Gasteiger partial charge on any atom is -0.477 e. The van der Waals surface area contributed by atoms with Gasteiger partial charge >= 0.3 is 5.97 Å². The lowest BCUT2D eigenvalue weighted by atomic mass is 10.0. The molecule has 182 valence electrons. The minimum absolute atomic E-state index is 0.0829. The number of thioether (sulfide) groups is 1. The first-order valence-electron chi connectivity index (χ1n) is 9.27. The largest absolute Gasteiger partial charge is 0.477 e. The van der Waals surface area contributed by atoms with Gasteiger partial charge in [0.05, 0.1) is 0 Å². The number of β-lactam (4-membered cyclic amide) rings is 1. The number of carbonyl (C=O) groups is 3. The molecular formula is C17H17F2N7O6S2. The fourth-order valence-corrected chi connectivity index (χ4v) is 4.71. The van der Waals surface area contributed by atoms with Gasteiger partial charge in [-0.05, 0) is 11.6 Å². The first kappa shape index (κ1) is 25.0. The highest BCUT2D eigenvalue weighted by Crippen LogP contribution is 2.40. The van der Waals surface area contributed by atoms with Crippen molar-refractivity contribution in [1.29, 1.82) is 0 Å². The van der Waals surface area contributed by atoms with Gasteiger partial charge < -0.3 is 25.8 Å². The molecule has 34 heavy (non-hydrogen) atoms. The van der Waals surface area contributed by atoms with Gasteiger partial charge in [-0.3, -0.25) is 14.5 Å². The Balaban J connectivity index is 1.70. The molecule has 17 heteroatoms. The number of carbonyl (C=O) groups excluding carboxylic acids is 2. The number of nitrogen functional groups attached to an aromatic ring is 1. The highest BCUT2D eigenvalue weighted by atomic mass is 32.2. The van der Waals surface area contributed by atoms with E-state index in [0.29, 0.717) is 11.8 Å². The van der Waals surface area contributed by atoms with Crippen molar-refractivity contribution >= 4 is 58.1 Å². The number of anilines is 1. The van der Waals surface area contributed by atoms with Crippen molar-refractivity contribution in [3.8, 4) is 0 Å². The van der Waals surface area contributed by atoms with Crippen molar-refractivity contribution < 1.29 is 37.9 Å². The Bertz CT molecular complexity index is 1090. The van der Waals surface area contributed by atoms with E-state index < -0.39 is 35.6 Å². The van der Waals surface area contributed by atoms with Gasteiger partial charge in [-0.25, -0.2) is 13.6 Å². The minimum atomic E-state index is -2.75. The molecule has 0 saturated carbocycles. The molecule has 1 aromatic rings. The molecule has 0 radical (unpaired) electrons. The number of aromatic nitrogens is 2. The molecule has 2 aliphatic heterocycles. The number of alkyl halides is 2. The Morgan fingerprint density at radius 1 is 1.47 bits per heavy atom. The lowest BCUT2D eigenvalue weighted by Gasteiger charge is -2.49. The first-order chi connectivity index (χ1) is 16.2. The third-order valence-electron chi connectivity index (χ3n) is 4.28. The van der Waals surface area contributed by atoms with E-state index in [2.05, 4.69) is 34.7 Å². The SMILES string of the molecule is CO/N=C(\C(=O)N[C@@H]1C(=O)N2C(C(=O)O)=C(/C=C/CON=CC(F)F)CS[C@H]12)c1nsc(N)n1. The molecule has 0 bridgehead atoms. The third-order valence-corrected chi connectivity index (χ3v) is 6.12. The van der Waals surface area contributed by atoms with Gasteiger partial charge in [-0.2, -0.15) is 9.36 Å². The van der Waals surface area contributed by atoms with Crippen molar-refractivity contribution in [3.63, 3.8) is 0 Å². The maximum atomic E-state index is 12.7. The van der Waals surface area contributed by atoms with E-state index in [1.165, 1.54) is 31.0 Å². The maximum absolute atomic E-state index is 12.7. The van der Waals surface area contributed by atoms with Crippen LogP contribution in [0.3, 0.4) is 0 Å². The van der Waals surface area contributed by atoms with Crippen LogP contribution in [0.25, 0.3) is 0 Å². The number of amides is 2. The van der Waals surface area contributed by atoms with Gasteiger partial charge in [-0.15, -0.1) is 11.8 Å². The second-order valence-electron chi connectivity index (χ2n) is 6.41. The van der Waals surface area contributed by atoms with Crippen LogP contribution < -0.4 is 11.1 Å². The van der Waals surface area contributed by atoms with Crippen LogP contribution >= 0.6 is 23.3 Å². The summed E-state index contributed by atoms with van der Waals surface area (Å²) in [5, 5.41) is 18.2. The molecule has 2 amide bonds. The zero-order valence-corrected chi connectivity index (χ0v) is 18.9. The van der Waals surface area contributed by atoms with Crippen molar-refractivity contribution in [2.75, 3.05) is 25.2 Å². The number of rotatable bonds is 10. The second kappa shape index (κ2) is 11.0. The molecule has 0 spiro atoms. The monoisotopic (exact) mass is 517 g/mol. The number of halogens is 2. The second-order valence-corrected chi connectivity index (χ2v) is 8.29. The summed E-state index contributed by atoms with van der Waals surface area (Å²) in [5.41, 5.74) is 5.28. The van der Waals surface area contributed by atoms with Crippen molar-refractivity contribution in [2.24, 2.45) is 10.3 Å². The Morgan fingerprint density at radius 3 is 2.85 bits per heavy atom. The number of nitrogens with two attached hydrogens (primary N) is 1. The molecule has 3 rings (SSSR count). The van der Waals surface area contributed by atoms with Gasteiger partial charge in [0.25, 0.3) is 18.2 Å². The highest BCUT2D eigenvalue weighted by Gasteiger charge is 2.54. The average Bonchev–Trinajstić information content (AvgIpc) is 3.22.